The zero-order chi connectivity index (χ0) is 22.0. The first-order valence-corrected chi connectivity index (χ1v) is 11.5. The number of carbonyl (C=O) groups excluding carboxylic acids is 1. The molecule has 9 nitrogen and oxygen atoms in total. The second-order valence-electron chi connectivity index (χ2n) is 7.76. The number of hydrogen-bond donors (Lipinski definition) is 1. The summed E-state index contributed by atoms with van der Waals surface area (Å²) in [6.45, 7) is 4.46. The minimum Gasteiger partial charge on any atom is -0.326 e. The van der Waals surface area contributed by atoms with Gasteiger partial charge in [0.05, 0.1) is 16.5 Å². The van der Waals surface area contributed by atoms with E-state index < -0.39 is 15.9 Å². The normalized spacial score (nSPS) is 17.4. The fourth-order valence-electron chi connectivity index (χ4n) is 3.68. The number of tetrazole rings is 1. The maximum Gasteiger partial charge on any atom is 0.243 e. The van der Waals surface area contributed by atoms with E-state index in [0.717, 1.165) is 16.8 Å². The molecule has 0 bridgehead atoms. The van der Waals surface area contributed by atoms with Crippen LogP contribution in [0.3, 0.4) is 0 Å². The summed E-state index contributed by atoms with van der Waals surface area (Å²) < 4.78 is 29.2. The zero-order valence-electron chi connectivity index (χ0n) is 17.4. The monoisotopic (exact) mass is 440 g/mol. The molecule has 3 aromatic rings. The number of sulfonamides is 1. The molecule has 1 N–H and O–H groups in total. The summed E-state index contributed by atoms with van der Waals surface area (Å²) in [4.78, 5) is 13.0. The maximum absolute atomic E-state index is 13.2. The number of amides is 1. The maximum atomic E-state index is 13.2. The van der Waals surface area contributed by atoms with Crippen molar-refractivity contribution in [3.05, 3.63) is 59.9 Å². The molecular formula is C21H24N6O3S. The van der Waals surface area contributed by atoms with Gasteiger partial charge >= 0.3 is 0 Å². The lowest BCUT2D eigenvalue weighted by Crippen LogP contribution is -2.43. The largest absolute Gasteiger partial charge is 0.326 e. The molecule has 1 unspecified atom stereocenters. The Morgan fingerprint density at radius 1 is 1.13 bits per heavy atom. The van der Waals surface area contributed by atoms with E-state index in [4.69, 9.17) is 0 Å². The van der Waals surface area contributed by atoms with Gasteiger partial charge in [-0.25, -0.2) is 13.1 Å². The minimum atomic E-state index is -3.71. The van der Waals surface area contributed by atoms with Crippen LogP contribution in [0.1, 0.15) is 24.0 Å². The van der Waals surface area contributed by atoms with Gasteiger partial charge < -0.3 is 5.32 Å². The molecule has 1 amide bonds. The van der Waals surface area contributed by atoms with Crippen molar-refractivity contribution in [1.82, 2.24) is 24.5 Å². The molecule has 1 atom stereocenters. The lowest BCUT2D eigenvalue weighted by atomic mass is 9.98. The van der Waals surface area contributed by atoms with Crippen LogP contribution in [0.25, 0.3) is 5.69 Å². The molecule has 0 radical (unpaired) electrons. The van der Waals surface area contributed by atoms with Gasteiger partial charge in [0.1, 0.15) is 6.33 Å². The molecule has 2 aromatic carbocycles. The summed E-state index contributed by atoms with van der Waals surface area (Å²) in [6.07, 6.45) is 2.72. The zero-order valence-corrected chi connectivity index (χ0v) is 18.2. The fourth-order valence-corrected chi connectivity index (χ4v) is 5.20. The third kappa shape index (κ3) is 4.49. The smallest absolute Gasteiger partial charge is 0.243 e. The van der Waals surface area contributed by atoms with E-state index in [1.165, 1.54) is 27.4 Å². The number of piperidine rings is 1. The highest BCUT2D eigenvalue weighted by Crippen LogP contribution is 2.26. The van der Waals surface area contributed by atoms with Crippen molar-refractivity contribution in [2.45, 2.75) is 31.6 Å². The summed E-state index contributed by atoms with van der Waals surface area (Å²) in [5.74, 6) is -0.549. The number of hydrogen-bond acceptors (Lipinski definition) is 6. The van der Waals surface area contributed by atoms with E-state index in [0.29, 0.717) is 25.1 Å². The summed E-state index contributed by atoms with van der Waals surface area (Å²) in [5, 5.41) is 13.9. The molecule has 162 valence electrons. The minimum absolute atomic E-state index is 0.150. The van der Waals surface area contributed by atoms with Gasteiger partial charge in [0, 0.05) is 18.8 Å². The number of nitrogens with one attached hydrogen (secondary N) is 1. The number of aryl methyl sites for hydroxylation is 2. The van der Waals surface area contributed by atoms with Crippen molar-refractivity contribution in [1.29, 1.82) is 0 Å². The number of aromatic nitrogens is 4. The van der Waals surface area contributed by atoms with Crippen LogP contribution in [0.15, 0.2) is 53.7 Å². The Labute approximate surface area is 181 Å². The van der Waals surface area contributed by atoms with Crippen LogP contribution in [-0.4, -0.2) is 51.9 Å². The molecule has 1 aromatic heterocycles. The highest BCUT2D eigenvalue weighted by atomic mass is 32.2. The van der Waals surface area contributed by atoms with E-state index in [1.54, 1.807) is 12.1 Å². The number of anilines is 1. The summed E-state index contributed by atoms with van der Waals surface area (Å²) in [6, 6.07) is 12.2. The van der Waals surface area contributed by atoms with Crippen LogP contribution in [0, 0.1) is 19.8 Å². The van der Waals surface area contributed by atoms with Crippen LogP contribution < -0.4 is 5.32 Å². The Balaban J connectivity index is 1.48. The van der Waals surface area contributed by atoms with Crippen LogP contribution in [0.4, 0.5) is 5.69 Å². The Morgan fingerprint density at radius 3 is 2.61 bits per heavy atom. The molecule has 31 heavy (non-hydrogen) atoms. The Bertz CT molecular complexity index is 1180. The van der Waals surface area contributed by atoms with Gasteiger partial charge in [-0.3, -0.25) is 4.79 Å². The Hall–Kier alpha value is -3.11. The highest BCUT2D eigenvalue weighted by Gasteiger charge is 2.33. The molecule has 1 fully saturated rings. The molecule has 2 heterocycles. The fraction of sp³-hybridized carbons (Fsp3) is 0.333. The van der Waals surface area contributed by atoms with Gasteiger partial charge in [0.25, 0.3) is 0 Å². The van der Waals surface area contributed by atoms with Crippen molar-refractivity contribution >= 4 is 21.6 Å². The van der Waals surface area contributed by atoms with Gasteiger partial charge in [0.2, 0.25) is 15.9 Å². The average Bonchev–Trinajstić information content (AvgIpc) is 3.31. The topological polar surface area (TPSA) is 110 Å². The molecule has 10 heteroatoms. The second kappa shape index (κ2) is 8.56. The van der Waals surface area contributed by atoms with E-state index in [-0.39, 0.29) is 17.3 Å². The predicted molar refractivity (Wildman–Crippen MR) is 115 cm³/mol. The quantitative estimate of drug-likeness (QED) is 0.652. The van der Waals surface area contributed by atoms with Crippen LogP contribution in [0.5, 0.6) is 0 Å². The van der Waals surface area contributed by atoms with Crippen molar-refractivity contribution in [2.24, 2.45) is 5.92 Å². The van der Waals surface area contributed by atoms with E-state index in [2.05, 4.69) is 20.8 Å². The van der Waals surface area contributed by atoms with Gasteiger partial charge in [-0.2, -0.15) is 4.31 Å². The molecule has 1 saturated heterocycles. The van der Waals surface area contributed by atoms with Gasteiger partial charge in [-0.15, -0.1) is 5.10 Å². The number of benzene rings is 2. The molecule has 0 spiro atoms. The molecule has 0 saturated carbocycles. The predicted octanol–water partition coefficient (Wildman–Crippen LogP) is 2.32. The summed E-state index contributed by atoms with van der Waals surface area (Å²) in [5.41, 5.74) is 3.46. The second-order valence-corrected chi connectivity index (χ2v) is 9.70. The molecule has 1 aliphatic rings. The third-order valence-corrected chi connectivity index (χ3v) is 7.37. The Morgan fingerprint density at radius 2 is 1.90 bits per heavy atom. The highest BCUT2D eigenvalue weighted by molar-refractivity contribution is 7.89. The van der Waals surface area contributed by atoms with E-state index in [1.807, 2.05) is 32.0 Å². The van der Waals surface area contributed by atoms with Gasteiger partial charge in [-0.05, 0) is 78.6 Å². The van der Waals surface area contributed by atoms with Crippen molar-refractivity contribution in [3.8, 4) is 5.69 Å². The number of rotatable bonds is 5. The number of carbonyl (C=O) groups is 1. The van der Waals surface area contributed by atoms with Crippen LogP contribution >= 0.6 is 0 Å². The van der Waals surface area contributed by atoms with E-state index >= 15 is 0 Å². The van der Waals surface area contributed by atoms with Crippen LogP contribution in [-0.2, 0) is 14.8 Å². The third-order valence-electron chi connectivity index (χ3n) is 5.49. The molecule has 4 rings (SSSR count). The van der Waals surface area contributed by atoms with Gasteiger partial charge in [-0.1, -0.05) is 12.1 Å². The van der Waals surface area contributed by atoms with E-state index in [9.17, 15) is 13.2 Å². The summed E-state index contributed by atoms with van der Waals surface area (Å²) >= 11 is 0. The first-order chi connectivity index (χ1) is 14.8. The molecular weight excluding hydrogens is 416 g/mol. The first-order valence-electron chi connectivity index (χ1n) is 10.1. The van der Waals surface area contributed by atoms with Crippen LogP contribution in [0.2, 0.25) is 0 Å². The summed E-state index contributed by atoms with van der Waals surface area (Å²) in [7, 11) is -3.71. The van der Waals surface area contributed by atoms with Crippen molar-refractivity contribution in [3.63, 3.8) is 0 Å². The first kappa shape index (κ1) is 21.1. The van der Waals surface area contributed by atoms with Gasteiger partial charge in [0.15, 0.2) is 0 Å². The molecule has 0 aliphatic carbocycles. The molecule has 1 aliphatic heterocycles. The number of nitrogens with zero attached hydrogens (tertiary/aromatic N) is 5. The SMILES string of the molecule is Cc1ccc(C)c(NC(=O)C2CCCN(S(=O)(=O)c3ccc(-n4cnnn4)cc3)C2)c1. The van der Waals surface area contributed by atoms with Crippen molar-refractivity contribution in [2.75, 3.05) is 18.4 Å². The Kier molecular flexibility index (Phi) is 5.84. The average molecular weight is 441 g/mol. The lowest BCUT2D eigenvalue weighted by Gasteiger charge is -2.31. The van der Waals surface area contributed by atoms with Crippen molar-refractivity contribution < 1.29 is 13.2 Å². The standard InChI is InChI=1S/C21H24N6O3S/c1-15-5-6-16(2)20(12-15)23-21(28)17-4-3-11-26(13-17)31(29,30)19-9-7-18(8-10-19)27-14-22-24-25-27/h5-10,12,14,17H,3-4,11,13H2,1-2H3,(H,23,28). The lowest BCUT2D eigenvalue weighted by molar-refractivity contribution is -0.120.